The molecule has 0 aliphatic carbocycles. The zero-order valence-electron chi connectivity index (χ0n) is 10.3. The van der Waals surface area contributed by atoms with Gasteiger partial charge in [0, 0.05) is 25.5 Å². The van der Waals surface area contributed by atoms with Crippen LogP contribution in [0.5, 0.6) is 0 Å². The molecule has 1 aromatic heterocycles. The third-order valence-corrected chi connectivity index (χ3v) is 6.83. The number of fused-ring (bicyclic) bond motifs is 1. The largest absolute Gasteiger partial charge is 0.383 e. The molecule has 20 heavy (non-hydrogen) atoms. The SMILES string of the molecule is OC(c1cc2c(s1)CCSC2)c1ccc(Br)c(Cl)c1F. The molecule has 1 atom stereocenters. The lowest BCUT2D eigenvalue weighted by Gasteiger charge is -2.11. The molecule has 106 valence electrons. The van der Waals surface area contributed by atoms with E-state index in [1.54, 1.807) is 23.5 Å². The summed E-state index contributed by atoms with van der Waals surface area (Å²) in [6, 6.07) is 5.23. The van der Waals surface area contributed by atoms with E-state index in [1.807, 2.05) is 17.8 Å². The minimum Gasteiger partial charge on any atom is -0.383 e. The van der Waals surface area contributed by atoms with Gasteiger partial charge in [0.1, 0.15) is 11.9 Å². The van der Waals surface area contributed by atoms with E-state index in [1.165, 1.54) is 10.4 Å². The van der Waals surface area contributed by atoms with Crippen LogP contribution in [0.15, 0.2) is 22.7 Å². The molecule has 0 radical (unpaired) electrons. The maximum Gasteiger partial charge on any atom is 0.149 e. The van der Waals surface area contributed by atoms with Gasteiger partial charge in [0.25, 0.3) is 0 Å². The van der Waals surface area contributed by atoms with Crippen LogP contribution in [0.1, 0.15) is 27.0 Å². The monoisotopic (exact) mass is 392 g/mol. The first-order valence-electron chi connectivity index (χ1n) is 6.08. The normalized spacial score (nSPS) is 16.0. The molecule has 0 saturated heterocycles. The Morgan fingerprint density at radius 2 is 2.20 bits per heavy atom. The summed E-state index contributed by atoms with van der Waals surface area (Å²) in [6.07, 6.45) is 0.0715. The van der Waals surface area contributed by atoms with Gasteiger partial charge in [-0.2, -0.15) is 11.8 Å². The first-order chi connectivity index (χ1) is 9.58. The van der Waals surface area contributed by atoms with Gasteiger partial charge in [-0.05, 0) is 45.8 Å². The summed E-state index contributed by atoms with van der Waals surface area (Å²) in [5.41, 5.74) is 1.49. The average Bonchev–Trinajstić information content (AvgIpc) is 2.88. The average molecular weight is 394 g/mol. The minimum atomic E-state index is -0.957. The topological polar surface area (TPSA) is 20.2 Å². The molecule has 0 saturated carbocycles. The van der Waals surface area contributed by atoms with Crippen LogP contribution in [-0.2, 0) is 12.2 Å². The molecule has 0 fully saturated rings. The van der Waals surface area contributed by atoms with Crippen LogP contribution in [-0.4, -0.2) is 10.9 Å². The zero-order valence-corrected chi connectivity index (χ0v) is 14.3. The molecule has 3 rings (SSSR count). The van der Waals surface area contributed by atoms with E-state index < -0.39 is 11.9 Å². The van der Waals surface area contributed by atoms with Crippen molar-refractivity contribution >= 4 is 50.6 Å². The van der Waals surface area contributed by atoms with E-state index in [-0.39, 0.29) is 10.6 Å². The molecule has 0 amide bonds. The molecule has 1 nitrogen and oxygen atoms in total. The van der Waals surface area contributed by atoms with Crippen molar-refractivity contribution in [3.63, 3.8) is 0 Å². The van der Waals surface area contributed by atoms with E-state index >= 15 is 0 Å². The number of aryl methyl sites for hydroxylation is 1. The maximum atomic E-state index is 14.2. The number of aliphatic hydroxyl groups is 1. The molecule has 1 aliphatic rings. The second kappa shape index (κ2) is 5.97. The fraction of sp³-hybridized carbons (Fsp3) is 0.286. The highest BCUT2D eigenvalue weighted by atomic mass is 79.9. The summed E-state index contributed by atoms with van der Waals surface area (Å²) in [5.74, 6) is 1.53. The lowest BCUT2D eigenvalue weighted by Crippen LogP contribution is -2.01. The number of hydrogen-bond donors (Lipinski definition) is 1. The zero-order chi connectivity index (χ0) is 14.3. The van der Waals surface area contributed by atoms with Gasteiger partial charge in [0.05, 0.1) is 5.02 Å². The number of thioether (sulfide) groups is 1. The van der Waals surface area contributed by atoms with E-state index in [4.69, 9.17) is 11.6 Å². The van der Waals surface area contributed by atoms with E-state index in [0.717, 1.165) is 22.8 Å². The number of thiophene rings is 1. The fourth-order valence-corrected chi connectivity index (χ4v) is 5.07. The van der Waals surface area contributed by atoms with Crippen LogP contribution in [0.25, 0.3) is 0 Å². The van der Waals surface area contributed by atoms with Crippen molar-refractivity contribution in [1.82, 2.24) is 0 Å². The number of halogens is 3. The second-order valence-corrected chi connectivity index (χ2v) is 8.07. The number of hydrogen-bond acceptors (Lipinski definition) is 3. The van der Waals surface area contributed by atoms with Gasteiger partial charge >= 0.3 is 0 Å². The predicted molar refractivity (Wildman–Crippen MR) is 87.4 cm³/mol. The van der Waals surface area contributed by atoms with Crippen LogP contribution in [0.4, 0.5) is 4.39 Å². The number of aliphatic hydroxyl groups excluding tert-OH is 1. The van der Waals surface area contributed by atoms with Crippen molar-refractivity contribution < 1.29 is 9.50 Å². The lowest BCUT2D eigenvalue weighted by atomic mass is 10.1. The van der Waals surface area contributed by atoms with Crippen LogP contribution in [0.3, 0.4) is 0 Å². The van der Waals surface area contributed by atoms with Gasteiger partial charge < -0.3 is 5.11 Å². The van der Waals surface area contributed by atoms with Gasteiger partial charge in [0.15, 0.2) is 0 Å². The summed E-state index contributed by atoms with van der Waals surface area (Å²) in [7, 11) is 0. The fourth-order valence-electron chi connectivity index (χ4n) is 2.21. The first kappa shape index (κ1) is 14.9. The molecule has 6 heteroatoms. The lowest BCUT2D eigenvalue weighted by molar-refractivity contribution is 0.218. The van der Waals surface area contributed by atoms with Crippen LogP contribution in [0.2, 0.25) is 5.02 Å². The minimum absolute atomic E-state index is 0.0124. The Morgan fingerprint density at radius 3 is 2.95 bits per heavy atom. The molecule has 0 bridgehead atoms. The Morgan fingerprint density at radius 1 is 1.40 bits per heavy atom. The van der Waals surface area contributed by atoms with E-state index in [9.17, 15) is 9.50 Å². The van der Waals surface area contributed by atoms with E-state index in [0.29, 0.717) is 4.47 Å². The third-order valence-electron chi connectivity index (χ3n) is 3.28. The van der Waals surface area contributed by atoms with Gasteiger partial charge in [0.2, 0.25) is 0 Å². The molecule has 2 aromatic rings. The molecular formula is C14H11BrClFOS2. The molecule has 1 aliphatic heterocycles. The molecule has 1 N–H and O–H groups in total. The maximum absolute atomic E-state index is 14.2. The van der Waals surface area contributed by atoms with Crippen molar-refractivity contribution in [1.29, 1.82) is 0 Å². The quantitative estimate of drug-likeness (QED) is 0.710. The Bertz CT molecular complexity index is 635. The Labute approximate surface area is 138 Å². The van der Waals surface area contributed by atoms with E-state index in [2.05, 4.69) is 15.9 Å². The van der Waals surface area contributed by atoms with Crippen LogP contribution in [0, 0.1) is 5.82 Å². The second-order valence-electron chi connectivity index (χ2n) is 4.57. The Balaban J connectivity index is 1.98. The smallest absolute Gasteiger partial charge is 0.149 e. The summed E-state index contributed by atoms with van der Waals surface area (Å²) < 4.78 is 14.7. The molecular weight excluding hydrogens is 383 g/mol. The number of benzene rings is 1. The molecule has 2 heterocycles. The van der Waals surface area contributed by atoms with Crippen molar-refractivity contribution in [2.45, 2.75) is 18.3 Å². The van der Waals surface area contributed by atoms with Crippen molar-refractivity contribution in [3.05, 3.63) is 54.4 Å². The summed E-state index contributed by atoms with van der Waals surface area (Å²) in [4.78, 5) is 2.09. The van der Waals surface area contributed by atoms with Crippen molar-refractivity contribution in [2.75, 3.05) is 5.75 Å². The van der Waals surface area contributed by atoms with Crippen molar-refractivity contribution in [3.8, 4) is 0 Å². The number of rotatable bonds is 2. The highest BCUT2D eigenvalue weighted by molar-refractivity contribution is 9.10. The first-order valence-corrected chi connectivity index (χ1v) is 9.23. The van der Waals surface area contributed by atoms with Gasteiger partial charge in [-0.25, -0.2) is 4.39 Å². The summed E-state index contributed by atoms with van der Waals surface area (Å²) in [5, 5.41) is 10.4. The summed E-state index contributed by atoms with van der Waals surface area (Å²) in [6.45, 7) is 0. The van der Waals surface area contributed by atoms with Gasteiger partial charge in [-0.15, -0.1) is 11.3 Å². The summed E-state index contributed by atoms with van der Waals surface area (Å²) >= 11 is 12.5. The Kier molecular flexibility index (Phi) is 4.43. The third kappa shape index (κ3) is 2.66. The van der Waals surface area contributed by atoms with Crippen LogP contribution < -0.4 is 0 Å². The van der Waals surface area contributed by atoms with Gasteiger partial charge in [-0.1, -0.05) is 17.7 Å². The van der Waals surface area contributed by atoms with Crippen molar-refractivity contribution in [2.24, 2.45) is 0 Å². The highest BCUT2D eigenvalue weighted by Crippen LogP contribution is 2.38. The molecule has 0 spiro atoms. The standard InChI is InChI=1S/C14H11BrClFOS2/c15-9-2-1-8(13(17)12(9)16)14(18)11-5-7-6-19-4-3-10(7)20-11/h1-2,5,14,18H,3-4,6H2. The molecule has 1 aromatic carbocycles. The van der Waals surface area contributed by atoms with Crippen LogP contribution >= 0.6 is 50.6 Å². The Hall–Kier alpha value is -0.0700. The predicted octanol–water partition coefficient (Wildman–Crippen LogP) is 5.17. The van der Waals surface area contributed by atoms with Gasteiger partial charge in [-0.3, -0.25) is 0 Å². The highest BCUT2D eigenvalue weighted by Gasteiger charge is 2.22. The molecule has 1 unspecified atom stereocenters.